The monoisotopic (exact) mass is 449 g/mol. The number of sulfonamides is 1. The van der Waals surface area contributed by atoms with E-state index in [1.807, 2.05) is 0 Å². The van der Waals surface area contributed by atoms with Crippen molar-refractivity contribution in [3.05, 3.63) is 52.5 Å². The van der Waals surface area contributed by atoms with E-state index in [4.69, 9.17) is 26.2 Å². The number of nitrogens with one attached hydrogen (secondary N) is 1. The predicted octanol–water partition coefficient (Wildman–Crippen LogP) is 3.31. The van der Waals surface area contributed by atoms with Gasteiger partial charge in [0.1, 0.15) is 12.4 Å². The number of benzene rings is 2. The summed E-state index contributed by atoms with van der Waals surface area (Å²) in [5, 5.41) is 9.44. The summed E-state index contributed by atoms with van der Waals surface area (Å²) in [6.45, 7) is 3.21. The van der Waals surface area contributed by atoms with Gasteiger partial charge in [-0.1, -0.05) is 23.4 Å². The highest BCUT2D eigenvalue weighted by Gasteiger charge is 2.27. The summed E-state index contributed by atoms with van der Waals surface area (Å²) in [4.78, 5) is 11.2. The molecule has 2 N–H and O–H groups in total. The fraction of sp³-hybridized carbons (Fsp3) is 0.286. The molecule has 0 unspecified atom stereocenters. The van der Waals surface area contributed by atoms with Gasteiger partial charge < -0.3 is 14.6 Å². The van der Waals surface area contributed by atoms with Gasteiger partial charge in [0.15, 0.2) is 5.60 Å². The van der Waals surface area contributed by atoms with Crippen LogP contribution < -0.4 is 9.46 Å². The average Bonchev–Trinajstić information content (AvgIpc) is 3.15. The van der Waals surface area contributed by atoms with Crippen LogP contribution in [0.4, 0.5) is 5.69 Å². The van der Waals surface area contributed by atoms with E-state index in [9.17, 15) is 13.2 Å². The lowest BCUT2D eigenvalue weighted by Gasteiger charge is -2.17. The molecule has 1 heterocycles. The predicted molar refractivity (Wildman–Crippen MR) is 112 cm³/mol. The normalized spacial score (nSPS) is 13.0. The number of aliphatic carboxylic acids is 1. The van der Waals surface area contributed by atoms with Crippen LogP contribution in [0.3, 0.4) is 0 Å². The molecule has 0 fully saturated rings. The van der Waals surface area contributed by atoms with Gasteiger partial charge in [-0.2, -0.15) is 0 Å². The quantitative estimate of drug-likeness (QED) is 0.656. The molecule has 0 aromatic heterocycles. The van der Waals surface area contributed by atoms with E-state index in [1.165, 1.54) is 32.0 Å². The number of hydrogen-bond donors (Lipinski definition) is 2. The zero-order valence-corrected chi connectivity index (χ0v) is 17.9. The summed E-state index contributed by atoms with van der Waals surface area (Å²) >= 11 is 6.03. The number of halogens is 1. The Morgan fingerprint density at radius 2 is 2.07 bits per heavy atom. The third kappa shape index (κ3) is 5.05. The largest absolute Gasteiger partial charge is 0.493 e. The molecule has 2 aromatic rings. The molecule has 0 bridgehead atoms. The number of fused-ring (bicyclic) bond motifs is 1. The Morgan fingerprint density at radius 1 is 1.30 bits per heavy atom. The second kappa shape index (κ2) is 8.56. The van der Waals surface area contributed by atoms with Crippen LogP contribution >= 0.6 is 11.6 Å². The van der Waals surface area contributed by atoms with Gasteiger partial charge in [-0.15, -0.1) is 0 Å². The van der Waals surface area contributed by atoms with Gasteiger partial charge in [0, 0.05) is 11.4 Å². The molecular formula is C21H20ClNO6S. The Morgan fingerprint density at radius 3 is 2.80 bits per heavy atom. The fourth-order valence-corrected chi connectivity index (χ4v) is 3.95. The molecule has 9 heteroatoms. The first kappa shape index (κ1) is 22.0. The second-order valence-corrected chi connectivity index (χ2v) is 9.19. The Kier molecular flexibility index (Phi) is 6.27. The summed E-state index contributed by atoms with van der Waals surface area (Å²) in [6.07, 6.45) is 0.656. The van der Waals surface area contributed by atoms with Gasteiger partial charge in [0.25, 0.3) is 10.0 Å². The van der Waals surface area contributed by atoms with Gasteiger partial charge in [-0.25, -0.2) is 13.2 Å². The van der Waals surface area contributed by atoms with Crippen LogP contribution in [0, 0.1) is 11.8 Å². The van der Waals surface area contributed by atoms with Crippen molar-refractivity contribution in [2.45, 2.75) is 30.8 Å². The molecule has 1 aliphatic rings. The summed E-state index contributed by atoms with van der Waals surface area (Å²) in [7, 11) is -3.86. The Labute approximate surface area is 180 Å². The molecule has 1 aliphatic heterocycles. The van der Waals surface area contributed by atoms with Crippen molar-refractivity contribution in [2.24, 2.45) is 0 Å². The highest BCUT2D eigenvalue weighted by Crippen LogP contribution is 2.29. The van der Waals surface area contributed by atoms with Crippen molar-refractivity contribution in [1.29, 1.82) is 0 Å². The first-order valence-electron chi connectivity index (χ1n) is 9.03. The fourth-order valence-electron chi connectivity index (χ4n) is 2.65. The Hall–Kier alpha value is -2.73. The number of anilines is 1. The van der Waals surface area contributed by atoms with Gasteiger partial charge >= 0.3 is 5.97 Å². The number of rotatable bonds is 6. The van der Waals surface area contributed by atoms with Crippen LogP contribution in [0.25, 0.3) is 0 Å². The molecule has 7 nitrogen and oxygen atoms in total. The van der Waals surface area contributed by atoms with Crippen LogP contribution in [0.1, 0.15) is 25.0 Å². The minimum atomic E-state index is -3.86. The lowest BCUT2D eigenvalue weighted by Crippen LogP contribution is -2.34. The van der Waals surface area contributed by atoms with Gasteiger partial charge in [0.2, 0.25) is 0 Å². The zero-order valence-electron chi connectivity index (χ0n) is 16.4. The molecule has 0 radical (unpaired) electrons. The van der Waals surface area contributed by atoms with Gasteiger partial charge in [-0.05, 0) is 55.8 Å². The first-order valence-corrected chi connectivity index (χ1v) is 10.9. The minimum absolute atomic E-state index is 0.118. The molecule has 0 saturated heterocycles. The minimum Gasteiger partial charge on any atom is -0.493 e. The molecule has 0 saturated carbocycles. The van der Waals surface area contributed by atoms with E-state index in [-0.39, 0.29) is 17.2 Å². The summed E-state index contributed by atoms with van der Waals surface area (Å²) < 4.78 is 38.9. The maximum Gasteiger partial charge on any atom is 0.335 e. The van der Waals surface area contributed by atoms with Crippen molar-refractivity contribution >= 4 is 33.3 Å². The zero-order chi connectivity index (χ0) is 21.9. The highest BCUT2D eigenvalue weighted by molar-refractivity contribution is 7.92. The van der Waals surface area contributed by atoms with Gasteiger partial charge in [-0.3, -0.25) is 4.72 Å². The molecule has 2 aromatic carbocycles. The van der Waals surface area contributed by atoms with Crippen LogP contribution in [-0.4, -0.2) is 38.3 Å². The molecule has 158 valence electrons. The second-order valence-electron chi connectivity index (χ2n) is 7.07. The smallest absolute Gasteiger partial charge is 0.335 e. The van der Waals surface area contributed by atoms with Crippen LogP contribution in [-0.2, 0) is 26.0 Å². The van der Waals surface area contributed by atoms with Crippen molar-refractivity contribution in [3.63, 3.8) is 0 Å². The maximum atomic E-state index is 12.9. The molecule has 0 atom stereocenters. The van der Waals surface area contributed by atoms with Crippen molar-refractivity contribution in [3.8, 4) is 17.6 Å². The number of carbonyl (C=O) groups is 1. The number of carboxylic acids is 1. The lowest BCUT2D eigenvalue weighted by molar-refractivity contribution is -0.159. The van der Waals surface area contributed by atoms with E-state index >= 15 is 0 Å². The van der Waals surface area contributed by atoms with Crippen LogP contribution in [0.2, 0.25) is 5.02 Å². The molecule has 3 rings (SSSR count). The Bertz CT molecular complexity index is 1150. The molecule has 0 amide bonds. The summed E-state index contributed by atoms with van der Waals surface area (Å²) in [5.74, 6) is 5.06. The molecule has 0 spiro atoms. The third-order valence-electron chi connectivity index (χ3n) is 4.44. The lowest BCUT2D eigenvalue weighted by atomic mass is 10.1. The molecule has 0 aliphatic carbocycles. The van der Waals surface area contributed by atoms with Crippen LogP contribution in [0.5, 0.6) is 5.75 Å². The van der Waals surface area contributed by atoms with E-state index < -0.39 is 21.6 Å². The van der Waals surface area contributed by atoms with E-state index in [1.54, 1.807) is 18.2 Å². The van der Waals surface area contributed by atoms with E-state index in [2.05, 4.69) is 16.6 Å². The average molecular weight is 450 g/mol. The SMILES string of the molecule is CC(C)(OCC#Cc1cc(Cl)ccc1NS(=O)(=O)c1ccc2c(c1)CCO2)C(=O)O. The maximum absolute atomic E-state index is 12.9. The van der Waals surface area contributed by atoms with Crippen molar-refractivity contribution in [2.75, 3.05) is 17.9 Å². The van der Waals surface area contributed by atoms with Crippen LogP contribution in [0.15, 0.2) is 41.3 Å². The Balaban J connectivity index is 1.82. The van der Waals surface area contributed by atoms with Crippen molar-refractivity contribution in [1.82, 2.24) is 0 Å². The number of ether oxygens (including phenoxy) is 2. The standard InChI is InChI=1S/C21H20ClNO6S/c1-21(2,20(24)25)29-10-3-4-14-12-16(22)5-7-18(14)23-30(26,27)17-6-8-19-15(13-17)9-11-28-19/h5-8,12-13,23H,9-11H2,1-2H3,(H,24,25). The third-order valence-corrected chi connectivity index (χ3v) is 6.04. The highest BCUT2D eigenvalue weighted by atomic mass is 35.5. The van der Waals surface area contributed by atoms with E-state index in [0.717, 1.165) is 5.56 Å². The van der Waals surface area contributed by atoms with E-state index in [0.29, 0.717) is 29.4 Å². The summed E-state index contributed by atoms with van der Waals surface area (Å²) in [6, 6.07) is 9.29. The van der Waals surface area contributed by atoms with Crippen molar-refractivity contribution < 1.29 is 27.8 Å². The molecule has 30 heavy (non-hydrogen) atoms. The number of hydrogen-bond acceptors (Lipinski definition) is 5. The van der Waals surface area contributed by atoms with Gasteiger partial charge in [0.05, 0.1) is 22.8 Å². The topological polar surface area (TPSA) is 102 Å². The number of carboxylic acid groups (broad SMARTS) is 1. The summed E-state index contributed by atoms with van der Waals surface area (Å²) in [5.41, 5.74) is 0.0469. The first-order chi connectivity index (χ1) is 14.1. The molecular weight excluding hydrogens is 430 g/mol.